The third-order valence-corrected chi connectivity index (χ3v) is 5.93. The van der Waals surface area contributed by atoms with E-state index >= 15 is 0 Å². The van der Waals surface area contributed by atoms with E-state index in [1.165, 1.54) is 0 Å². The van der Waals surface area contributed by atoms with Crippen LogP contribution in [0.2, 0.25) is 10.0 Å². The van der Waals surface area contributed by atoms with Crippen LogP contribution in [-0.4, -0.2) is 18.7 Å². The first kappa shape index (κ1) is 24.4. The zero-order chi connectivity index (χ0) is 23.1. The number of carbonyl (C=O) groups is 1. The Morgan fingerprint density at radius 1 is 1.06 bits per heavy atom. The number of amides is 1. The SMILES string of the molecule is CCOc1cc(/C=N/NC(=O)c2ccc(C)cc2)cc(I)c1OCc1ccc(Cl)c(Cl)c1. The molecule has 166 valence electrons. The number of hydrogen-bond acceptors (Lipinski definition) is 4. The van der Waals surface area contributed by atoms with Crippen molar-refractivity contribution >= 4 is 57.9 Å². The van der Waals surface area contributed by atoms with Gasteiger partial charge in [0.05, 0.1) is 26.4 Å². The van der Waals surface area contributed by atoms with Gasteiger partial charge in [-0.1, -0.05) is 47.0 Å². The fourth-order valence-electron chi connectivity index (χ4n) is 2.79. The number of rotatable bonds is 8. The van der Waals surface area contributed by atoms with Gasteiger partial charge in [0.2, 0.25) is 0 Å². The molecule has 8 heteroatoms. The molecule has 3 rings (SSSR count). The second-order valence-corrected chi connectivity index (χ2v) is 8.84. The summed E-state index contributed by atoms with van der Waals surface area (Å²) < 4.78 is 12.6. The Balaban J connectivity index is 1.72. The number of nitrogens with one attached hydrogen (secondary N) is 1. The van der Waals surface area contributed by atoms with E-state index in [1.54, 1.807) is 30.5 Å². The average molecular weight is 583 g/mol. The summed E-state index contributed by atoms with van der Waals surface area (Å²) in [7, 11) is 0. The molecule has 0 radical (unpaired) electrons. The van der Waals surface area contributed by atoms with Gasteiger partial charge in [-0.3, -0.25) is 4.79 Å². The highest BCUT2D eigenvalue weighted by molar-refractivity contribution is 14.1. The number of benzene rings is 3. The summed E-state index contributed by atoms with van der Waals surface area (Å²) >= 11 is 14.2. The molecular weight excluding hydrogens is 562 g/mol. The summed E-state index contributed by atoms with van der Waals surface area (Å²) in [6, 6.07) is 16.4. The topological polar surface area (TPSA) is 59.9 Å². The number of carbonyl (C=O) groups excluding carboxylic acids is 1. The maximum absolute atomic E-state index is 12.2. The zero-order valence-corrected chi connectivity index (χ0v) is 21.2. The van der Waals surface area contributed by atoms with Crippen LogP contribution in [0.1, 0.15) is 34.0 Å². The smallest absolute Gasteiger partial charge is 0.271 e. The molecule has 3 aromatic carbocycles. The van der Waals surface area contributed by atoms with Crippen molar-refractivity contribution in [3.05, 3.63) is 90.5 Å². The summed E-state index contributed by atoms with van der Waals surface area (Å²) in [5, 5.41) is 5.05. The average Bonchev–Trinajstić information content (AvgIpc) is 2.76. The van der Waals surface area contributed by atoms with Crippen LogP contribution >= 0.6 is 45.8 Å². The van der Waals surface area contributed by atoms with E-state index in [4.69, 9.17) is 32.7 Å². The molecule has 0 fully saturated rings. The summed E-state index contributed by atoms with van der Waals surface area (Å²) in [4.78, 5) is 12.2. The van der Waals surface area contributed by atoms with E-state index in [2.05, 4.69) is 33.1 Å². The second kappa shape index (κ2) is 11.5. The Kier molecular flexibility index (Phi) is 8.78. The van der Waals surface area contributed by atoms with E-state index in [0.29, 0.717) is 40.3 Å². The van der Waals surface area contributed by atoms with Crippen molar-refractivity contribution in [3.8, 4) is 11.5 Å². The van der Waals surface area contributed by atoms with Crippen LogP contribution in [0.3, 0.4) is 0 Å². The highest BCUT2D eigenvalue weighted by atomic mass is 127. The summed E-state index contributed by atoms with van der Waals surface area (Å²) in [6.45, 7) is 4.66. The molecule has 0 heterocycles. The van der Waals surface area contributed by atoms with Crippen molar-refractivity contribution in [2.45, 2.75) is 20.5 Å². The Hall–Kier alpha value is -2.29. The molecule has 0 spiro atoms. The number of halogens is 3. The molecule has 0 aromatic heterocycles. The standard InChI is InChI=1S/C24H21Cl2IN2O3/c1-3-31-22-12-17(13-28-29-24(30)18-7-4-15(2)5-8-18)11-21(27)23(22)32-14-16-6-9-19(25)20(26)10-16/h4-13H,3,14H2,1-2H3,(H,29,30)/b28-13+. The third kappa shape index (κ3) is 6.60. The molecule has 0 aliphatic heterocycles. The summed E-state index contributed by atoms with van der Waals surface area (Å²) in [5.41, 5.74) is 5.83. The first-order chi connectivity index (χ1) is 15.4. The molecule has 0 atom stereocenters. The molecule has 0 aliphatic rings. The minimum atomic E-state index is -0.275. The maximum atomic E-state index is 12.2. The molecule has 3 aromatic rings. The Morgan fingerprint density at radius 3 is 2.50 bits per heavy atom. The fraction of sp³-hybridized carbons (Fsp3) is 0.167. The van der Waals surface area contributed by atoms with Gasteiger partial charge < -0.3 is 9.47 Å². The van der Waals surface area contributed by atoms with Crippen LogP contribution in [0, 0.1) is 10.5 Å². The molecule has 0 saturated carbocycles. The molecule has 5 nitrogen and oxygen atoms in total. The first-order valence-electron chi connectivity index (χ1n) is 9.80. The number of nitrogens with zero attached hydrogens (tertiary/aromatic N) is 1. The van der Waals surface area contributed by atoms with Crippen LogP contribution in [0.5, 0.6) is 11.5 Å². The van der Waals surface area contributed by atoms with Gasteiger partial charge in [-0.15, -0.1) is 0 Å². The van der Waals surface area contributed by atoms with Crippen molar-refractivity contribution < 1.29 is 14.3 Å². The number of hydrogen-bond donors (Lipinski definition) is 1. The van der Waals surface area contributed by atoms with Gasteiger partial charge in [0.15, 0.2) is 11.5 Å². The van der Waals surface area contributed by atoms with E-state index < -0.39 is 0 Å². The van der Waals surface area contributed by atoms with Crippen molar-refractivity contribution in [2.24, 2.45) is 5.10 Å². The van der Waals surface area contributed by atoms with Crippen LogP contribution < -0.4 is 14.9 Å². The van der Waals surface area contributed by atoms with Crippen LogP contribution in [0.15, 0.2) is 59.7 Å². The quantitative estimate of drug-likeness (QED) is 0.184. The minimum Gasteiger partial charge on any atom is -0.490 e. The lowest BCUT2D eigenvalue weighted by Crippen LogP contribution is -2.17. The van der Waals surface area contributed by atoms with Gasteiger partial charge in [0.1, 0.15) is 6.61 Å². The van der Waals surface area contributed by atoms with E-state index in [-0.39, 0.29) is 5.91 Å². The molecule has 1 amide bonds. The van der Waals surface area contributed by atoms with Crippen LogP contribution in [-0.2, 0) is 6.61 Å². The predicted molar refractivity (Wildman–Crippen MR) is 137 cm³/mol. The highest BCUT2D eigenvalue weighted by Crippen LogP contribution is 2.35. The number of hydrazone groups is 1. The van der Waals surface area contributed by atoms with Gasteiger partial charge in [-0.05, 0) is 84.0 Å². The zero-order valence-electron chi connectivity index (χ0n) is 17.5. The van der Waals surface area contributed by atoms with Crippen LogP contribution in [0.4, 0.5) is 0 Å². The first-order valence-corrected chi connectivity index (χ1v) is 11.6. The van der Waals surface area contributed by atoms with Gasteiger partial charge in [-0.2, -0.15) is 5.10 Å². The Labute approximate surface area is 210 Å². The molecule has 0 saturated heterocycles. The predicted octanol–water partition coefficient (Wildman–Crippen LogP) is 6.65. The second-order valence-electron chi connectivity index (χ2n) is 6.87. The summed E-state index contributed by atoms with van der Waals surface area (Å²) in [5.74, 6) is 0.938. The van der Waals surface area contributed by atoms with Crippen LogP contribution in [0.25, 0.3) is 0 Å². The maximum Gasteiger partial charge on any atom is 0.271 e. The lowest BCUT2D eigenvalue weighted by molar-refractivity contribution is 0.0955. The molecule has 32 heavy (non-hydrogen) atoms. The molecule has 0 unspecified atom stereocenters. The molecule has 1 N–H and O–H groups in total. The third-order valence-electron chi connectivity index (χ3n) is 4.39. The van der Waals surface area contributed by atoms with E-state index in [0.717, 1.165) is 20.3 Å². The van der Waals surface area contributed by atoms with Gasteiger partial charge in [0.25, 0.3) is 5.91 Å². The number of aryl methyl sites for hydroxylation is 1. The van der Waals surface area contributed by atoms with Crippen molar-refractivity contribution in [2.75, 3.05) is 6.61 Å². The van der Waals surface area contributed by atoms with Crippen molar-refractivity contribution in [1.29, 1.82) is 0 Å². The highest BCUT2D eigenvalue weighted by Gasteiger charge is 2.13. The monoisotopic (exact) mass is 582 g/mol. The lowest BCUT2D eigenvalue weighted by atomic mass is 10.1. The van der Waals surface area contributed by atoms with E-state index in [9.17, 15) is 4.79 Å². The Morgan fingerprint density at radius 2 is 1.81 bits per heavy atom. The number of ether oxygens (including phenoxy) is 2. The lowest BCUT2D eigenvalue weighted by Gasteiger charge is -2.15. The minimum absolute atomic E-state index is 0.275. The Bertz CT molecular complexity index is 1130. The molecular formula is C24H21Cl2IN2O3. The van der Waals surface area contributed by atoms with E-state index in [1.807, 2.05) is 44.2 Å². The van der Waals surface area contributed by atoms with Gasteiger partial charge >= 0.3 is 0 Å². The fourth-order valence-corrected chi connectivity index (χ4v) is 3.89. The van der Waals surface area contributed by atoms with Crippen molar-refractivity contribution in [1.82, 2.24) is 5.43 Å². The van der Waals surface area contributed by atoms with Crippen molar-refractivity contribution in [3.63, 3.8) is 0 Å². The summed E-state index contributed by atoms with van der Waals surface area (Å²) in [6.07, 6.45) is 1.57. The molecule has 0 bridgehead atoms. The molecule has 0 aliphatic carbocycles. The van der Waals surface area contributed by atoms with Gasteiger partial charge in [-0.25, -0.2) is 5.43 Å². The normalized spacial score (nSPS) is 10.9. The largest absolute Gasteiger partial charge is 0.490 e. The van der Waals surface area contributed by atoms with Gasteiger partial charge in [0, 0.05) is 5.56 Å².